The van der Waals surface area contributed by atoms with Crippen LogP contribution < -0.4 is 15.2 Å². The van der Waals surface area contributed by atoms with Gasteiger partial charge in [0, 0.05) is 17.3 Å². The van der Waals surface area contributed by atoms with E-state index in [9.17, 15) is 4.79 Å². The number of fused-ring (bicyclic) bond motifs is 1. The second kappa shape index (κ2) is 5.09. The molecule has 0 atom stereocenters. The molecular weight excluding hydrogens is 244 g/mol. The van der Waals surface area contributed by atoms with Crippen molar-refractivity contribution in [2.75, 3.05) is 38.6 Å². The quantitative estimate of drug-likeness (QED) is 0.657. The van der Waals surface area contributed by atoms with Crippen molar-refractivity contribution in [2.24, 2.45) is 0 Å². The van der Waals surface area contributed by atoms with E-state index in [0.29, 0.717) is 42.5 Å². The number of nitrogens with zero attached hydrogens (tertiary/aromatic N) is 1. The molecule has 0 aromatic heterocycles. The van der Waals surface area contributed by atoms with Crippen molar-refractivity contribution in [1.82, 2.24) is 4.90 Å². The van der Waals surface area contributed by atoms with Gasteiger partial charge in [-0.15, -0.1) is 0 Å². The summed E-state index contributed by atoms with van der Waals surface area (Å²) >= 11 is 0. The number of nitrogen functional groups attached to an aromatic ring is 1. The molecule has 0 unspecified atom stereocenters. The largest absolute Gasteiger partial charge is 0.486 e. The molecule has 0 aliphatic carbocycles. The molecule has 3 rings (SSSR count). The minimum atomic E-state index is 0.0522. The number of hydrogen-bond donors (Lipinski definition) is 1. The molecule has 19 heavy (non-hydrogen) atoms. The number of likely N-dealkylation sites (tertiary alicyclic amines) is 1. The van der Waals surface area contributed by atoms with E-state index in [-0.39, 0.29) is 5.78 Å². The zero-order valence-corrected chi connectivity index (χ0v) is 10.9. The fourth-order valence-corrected chi connectivity index (χ4v) is 2.57. The van der Waals surface area contributed by atoms with Gasteiger partial charge in [0.15, 0.2) is 17.3 Å². The molecular formula is C14H18N2O3. The smallest absolute Gasteiger partial charge is 0.179 e. The lowest BCUT2D eigenvalue weighted by molar-refractivity contribution is 0.0945. The molecule has 5 heteroatoms. The minimum absolute atomic E-state index is 0.0522. The number of nitrogens with two attached hydrogens (primary N) is 1. The van der Waals surface area contributed by atoms with Gasteiger partial charge in [0.1, 0.15) is 13.2 Å². The summed E-state index contributed by atoms with van der Waals surface area (Å²) in [5.74, 6) is 1.29. The Morgan fingerprint density at radius 2 is 1.79 bits per heavy atom. The normalized spacial score (nSPS) is 18.5. The van der Waals surface area contributed by atoms with Crippen LogP contribution in [0.4, 0.5) is 5.69 Å². The van der Waals surface area contributed by atoms with E-state index >= 15 is 0 Å². The lowest BCUT2D eigenvalue weighted by atomic mass is 10.1. The summed E-state index contributed by atoms with van der Waals surface area (Å²) in [6.07, 6.45) is 2.34. The molecule has 1 fully saturated rings. The number of carbonyl (C=O) groups is 1. The van der Waals surface area contributed by atoms with Gasteiger partial charge in [-0.25, -0.2) is 0 Å². The van der Waals surface area contributed by atoms with Gasteiger partial charge in [0.25, 0.3) is 0 Å². The van der Waals surface area contributed by atoms with Crippen molar-refractivity contribution < 1.29 is 14.3 Å². The molecule has 1 aromatic rings. The van der Waals surface area contributed by atoms with Gasteiger partial charge in [-0.1, -0.05) is 0 Å². The summed E-state index contributed by atoms with van der Waals surface area (Å²) in [6.45, 7) is 3.46. The molecule has 102 valence electrons. The average Bonchev–Trinajstić information content (AvgIpc) is 2.90. The summed E-state index contributed by atoms with van der Waals surface area (Å²) < 4.78 is 10.9. The first-order valence-corrected chi connectivity index (χ1v) is 6.69. The predicted octanol–water partition coefficient (Wildman–Crippen LogP) is 1.32. The van der Waals surface area contributed by atoms with Crippen molar-refractivity contribution in [3.05, 3.63) is 17.7 Å². The van der Waals surface area contributed by atoms with Gasteiger partial charge in [0.2, 0.25) is 0 Å². The average molecular weight is 262 g/mol. The number of carbonyl (C=O) groups excluding carboxylic acids is 1. The van der Waals surface area contributed by atoms with Crippen LogP contribution in [0.15, 0.2) is 12.1 Å². The van der Waals surface area contributed by atoms with E-state index in [1.165, 1.54) is 12.8 Å². The maximum absolute atomic E-state index is 12.3. The van der Waals surface area contributed by atoms with Gasteiger partial charge in [0.05, 0.1) is 6.54 Å². The number of ether oxygens (including phenoxy) is 2. The van der Waals surface area contributed by atoms with Crippen molar-refractivity contribution in [2.45, 2.75) is 12.8 Å². The van der Waals surface area contributed by atoms with Crippen LogP contribution in [0, 0.1) is 0 Å². The summed E-state index contributed by atoms with van der Waals surface area (Å²) in [5, 5.41) is 0. The van der Waals surface area contributed by atoms with Gasteiger partial charge in [-0.3, -0.25) is 9.69 Å². The Morgan fingerprint density at radius 1 is 1.16 bits per heavy atom. The van der Waals surface area contributed by atoms with E-state index in [4.69, 9.17) is 15.2 Å². The van der Waals surface area contributed by atoms with Crippen molar-refractivity contribution in [3.8, 4) is 11.5 Å². The van der Waals surface area contributed by atoms with Crippen LogP contribution in [0.25, 0.3) is 0 Å². The molecule has 2 heterocycles. The SMILES string of the molecule is Nc1cc2c(cc1C(=O)CN1CCCC1)OCCO2. The Labute approximate surface area is 112 Å². The second-order valence-electron chi connectivity index (χ2n) is 4.99. The first kappa shape index (κ1) is 12.3. The van der Waals surface area contributed by atoms with Crippen LogP contribution in [0.5, 0.6) is 11.5 Å². The summed E-state index contributed by atoms with van der Waals surface area (Å²) in [5.41, 5.74) is 6.95. The monoisotopic (exact) mass is 262 g/mol. The molecule has 1 saturated heterocycles. The minimum Gasteiger partial charge on any atom is -0.486 e. The van der Waals surface area contributed by atoms with E-state index in [0.717, 1.165) is 13.1 Å². The Morgan fingerprint density at radius 3 is 2.47 bits per heavy atom. The first-order chi connectivity index (χ1) is 9.24. The molecule has 0 radical (unpaired) electrons. The fraction of sp³-hybridized carbons (Fsp3) is 0.500. The van der Waals surface area contributed by atoms with Crippen LogP contribution in [0.3, 0.4) is 0 Å². The van der Waals surface area contributed by atoms with E-state index in [1.54, 1.807) is 12.1 Å². The lowest BCUT2D eigenvalue weighted by Crippen LogP contribution is -2.27. The zero-order valence-electron chi connectivity index (χ0n) is 10.9. The van der Waals surface area contributed by atoms with Crippen LogP contribution >= 0.6 is 0 Å². The molecule has 1 aromatic carbocycles. The number of Topliss-reactive ketones (excluding diaryl/α,β-unsaturated/α-hetero) is 1. The van der Waals surface area contributed by atoms with Crippen LogP contribution in [0.1, 0.15) is 23.2 Å². The van der Waals surface area contributed by atoms with Crippen molar-refractivity contribution in [3.63, 3.8) is 0 Å². The highest BCUT2D eigenvalue weighted by molar-refractivity contribution is 6.02. The van der Waals surface area contributed by atoms with Crippen LogP contribution in [0.2, 0.25) is 0 Å². The van der Waals surface area contributed by atoms with E-state index in [1.807, 2.05) is 0 Å². The topological polar surface area (TPSA) is 64.8 Å². The third-order valence-corrected chi connectivity index (χ3v) is 3.58. The number of anilines is 1. The maximum atomic E-state index is 12.3. The third kappa shape index (κ3) is 2.51. The standard InChI is InChI=1S/C14H18N2O3/c15-11-8-14-13(18-5-6-19-14)7-10(11)12(17)9-16-3-1-2-4-16/h7-8H,1-6,9,15H2. The molecule has 5 nitrogen and oxygen atoms in total. The Hall–Kier alpha value is -1.75. The van der Waals surface area contributed by atoms with Gasteiger partial charge < -0.3 is 15.2 Å². The Kier molecular flexibility index (Phi) is 3.29. The Bertz CT molecular complexity index is 496. The second-order valence-corrected chi connectivity index (χ2v) is 4.99. The van der Waals surface area contributed by atoms with Crippen LogP contribution in [-0.2, 0) is 0 Å². The Balaban J connectivity index is 1.81. The predicted molar refractivity (Wildman–Crippen MR) is 71.8 cm³/mol. The molecule has 0 bridgehead atoms. The lowest BCUT2D eigenvalue weighted by Gasteiger charge is -2.20. The number of hydrogen-bond acceptors (Lipinski definition) is 5. The maximum Gasteiger partial charge on any atom is 0.179 e. The summed E-state index contributed by atoms with van der Waals surface area (Å²) in [6, 6.07) is 3.40. The molecule has 2 aliphatic rings. The molecule has 2 N–H and O–H groups in total. The fourth-order valence-electron chi connectivity index (χ4n) is 2.57. The van der Waals surface area contributed by atoms with E-state index < -0.39 is 0 Å². The van der Waals surface area contributed by atoms with Gasteiger partial charge in [-0.2, -0.15) is 0 Å². The van der Waals surface area contributed by atoms with Crippen molar-refractivity contribution in [1.29, 1.82) is 0 Å². The molecule has 0 spiro atoms. The number of benzene rings is 1. The highest BCUT2D eigenvalue weighted by atomic mass is 16.6. The highest BCUT2D eigenvalue weighted by Gasteiger charge is 2.21. The van der Waals surface area contributed by atoms with E-state index in [2.05, 4.69) is 4.90 Å². The summed E-state index contributed by atoms with van der Waals surface area (Å²) in [4.78, 5) is 14.5. The third-order valence-electron chi connectivity index (χ3n) is 3.58. The van der Waals surface area contributed by atoms with Crippen molar-refractivity contribution >= 4 is 11.5 Å². The van der Waals surface area contributed by atoms with Gasteiger partial charge in [-0.05, 0) is 32.0 Å². The van der Waals surface area contributed by atoms with Crippen LogP contribution in [-0.4, -0.2) is 43.5 Å². The number of ketones is 1. The summed E-state index contributed by atoms with van der Waals surface area (Å²) in [7, 11) is 0. The highest BCUT2D eigenvalue weighted by Crippen LogP contribution is 2.34. The molecule has 0 saturated carbocycles. The zero-order chi connectivity index (χ0) is 13.2. The molecule has 0 amide bonds. The number of rotatable bonds is 3. The molecule has 2 aliphatic heterocycles. The first-order valence-electron chi connectivity index (χ1n) is 6.69. The van der Waals surface area contributed by atoms with Gasteiger partial charge >= 0.3 is 0 Å².